The lowest BCUT2D eigenvalue weighted by molar-refractivity contribution is -0.155. The van der Waals surface area contributed by atoms with Gasteiger partial charge in [-0.25, -0.2) is 4.79 Å². The zero-order chi connectivity index (χ0) is 23.6. The van der Waals surface area contributed by atoms with Crippen molar-refractivity contribution in [2.75, 3.05) is 13.2 Å². The van der Waals surface area contributed by atoms with E-state index in [1.165, 1.54) is 0 Å². The molecule has 0 heterocycles. The maximum absolute atomic E-state index is 12.5. The monoisotopic (exact) mass is 430 g/mol. The molecule has 170 valence electrons. The molecule has 0 bridgehead atoms. The van der Waals surface area contributed by atoms with Gasteiger partial charge in [0.25, 0.3) is 0 Å². The van der Waals surface area contributed by atoms with Crippen LogP contribution in [0.15, 0.2) is 36.4 Å². The van der Waals surface area contributed by atoms with Crippen LogP contribution in [0.4, 0.5) is 0 Å². The number of aliphatic hydroxyl groups excluding tert-OH is 2. The standard InChI is InChI=1S/C25H34O6/c1-24(2,3)17-13-15(7-9-19(17)27)21(22(29)23(30)31-12-11-26)16-8-10-20(28)18(14-16)25(4,5)6/h7-10,13-14,21-22,26-29H,11-12H2,1-6H3. The Morgan fingerprint density at radius 1 is 0.871 bits per heavy atom. The van der Waals surface area contributed by atoms with Crippen LogP contribution in [0.1, 0.15) is 69.7 Å². The van der Waals surface area contributed by atoms with Crippen molar-refractivity contribution in [1.82, 2.24) is 0 Å². The van der Waals surface area contributed by atoms with Gasteiger partial charge in [-0.3, -0.25) is 0 Å². The highest BCUT2D eigenvalue weighted by Gasteiger charge is 2.33. The Hall–Kier alpha value is -2.57. The Morgan fingerprint density at radius 3 is 1.65 bits per heavy atom. The van der Waals surface area contributed by atoms with Gasteiger partial charge >= 0.3 is 5.97 Å². The average molecular weight is 431 g/mol. The Morgan fingerprint density at radius 2 is 1.29 bits per heavy atom. The van der Waals surface area contributed by atoms with Gasteiger partial charge in [-0.15, -0.1) is 0 Å². The molecule has 1 unspecified atom stereocenters. The molecule has 0 aromatic heterocycles. The van der Waals surface area contributed by atoms with Gasteiger partial charge < -0.3 is 25.2 Å². The van der Waals surface area contributed by atoms with Crippen molar-refractivity contribution in [3.05, 3.63) is 58.7 Å². The molecule has 0 spiro atoms. The predicted octanol–water partition coefficient (Wildman–Crippen LogP) is 3.72. The molecule has 0 radical (unpaired) electrons. The van der Waals surface area contributed by atoms with E-state index in [1.54, 1.807) is 36.4 Å². The molecule has 0 aliphatic carbocycles. The number of carbonyl (C=O) groups excluding carboxylic acids is 1. The number of hydrogen-bond donors (Lipinski definition) is 4. The quantitative estimate of drug-likeness (QED) is 0.521. The summed E-state index contributed by atoms with van der Waals surface area (Å²) >= 11 is 0. The first kappa shape index (κ1) is 24.7. The third kappa shape index (κ3) is 5.77. The van der Waals surface area contributed by atoms with Crippen LogP contribution in [0.5, 0.6) is 11.5 Å². The first-order chi connectivity index (χ1) is 14.3. The second-order valence-corrected chi connectivity index (χ2v) is 9.87. The lowest BCUT2D eigenvalue weighted by Gasteiger charge is -2.28. The van der Waals surface area contributed by atoms with E-state index in [4.69, 9.17) is 9.84 Å². The van der Waals surface area contributed by atoms with Gasteiger partial charge in [0.15, 0.2) is 6.10 Å². The minimum atomic E-state index is -1.54. The smallest absolute Gasteiger partial charge is 0.336 e. The van der Waals surface area contributed by atoms with E-state index in [0.717, 1.165) is 0 Å². The number of ether oxygens (including phenoxy) is 1. The molecule has 6 heteroatoms. The van der Waals surface area contributed by atoms with E-state index in [9.17, 15) is 20.1 Å². The van der Waals surface area contributed by atoms with Crippen molar-refractivity contribution >= 4 is 5.97 Å². The van der Waals surface area contributed by atoms with E-state index in [1.807, 2.05) is 41.5 Å². The maximum Gasteiger partial charge on any atom is 0.336 e. The van der Waals surface area contributed by atoms with Gasteiger partial charge in [-0.1, -0.05) is 65.8 Å². The number of esters is 1. The molecule has 0 aliphatic heterocycles. The number of carbonyl (C=O) groups is 1. The van der Waals surface area contributed by atoms with Crippen LogP contribution in [0.2, 0.25) is 0 Å². The highest BCUT2D eigenvalue weighted by molar-refractivity contribution is 5.77. The Bertz CT molecular complexity index is 857. The molecule has 0 amide bonds. The van der Waals surface area contributed by atoms with Crippen LogP contribution in [0.25, 0.3) is 0 Å². The highest BCUT2D eigenvalue weighted by Crippen LogP contribution is 2.39. The Balaban J connectivity index is 2.68. The van der Waals surface area contributed by atoms with E-state index >= 15 is 0 Å². The first-order valence-corrected chi connectivity index (χ1v) is 10.4. The third-order valence-electron chi connectivity index (χ3n) is 5.27. The zero-order valence-electron chi connectivity index (χ0n) is 19.1. The number of hydrogen-bond acceptors (Lipinski definition) is 6. The number of benzene rings is 2. The molecule has 2 aromatic rings. The summed E-state index contributed by atoms with van der Waals surface area (Å²) in [5, 5.41) is 40.6. The summed E-state index contributed by atoms with van der Waals surface area (Å²) in [5.74, 6) is -1.38. The molecule has 0 aliphatic rings. The lowest BCUT2D eigenvalue weighted by Crippen LogP contribution is -2.32. The molecule has 0 saturated carbocycles. The minimum absolute atomic E-state index is 0.133. The van der Waals surface area contributed by atoms with Crippen LogP contribution in [-0.2, 0) is 20.4 Å². The number of phenols is 2. The number of aliphatic hydroxyl groups is 2. The molecular formula is C25H34O6. The average Bonchev–Trinajstić information content (AvgIpc) is 2.66. The molecule has 2 aromatic carbocycles. The van der Waals surface area contributed by atoms with Gasteiger partial charge in [-0.05, 0) is 45.2 Å². The topological polar surface area (TPSA) is 107 Å². The molecular weight excluding hydrogens is 396 g/mol. The van der Waals surface area contributed by atoms with Crippen LogP contribution in [0, 0.1) is 0 Å². The number of phenolic OH excluding ortho intramolecular Hbond substituents is 2. The van der Waals surface area contributed by atoms with Crippen LogP contribution in [-0.4, -0.2) is 45.7 Å². The summed E-state index contributed by atoms with van der Waals surface area (Å²) in [6.45, 7) is 11.2. The molecule has 2 rings (SSSR count). The Labute approximate surface area is 184 Å². The summed E-state index contributed by atoms with van der Waals surface area (Å²) in [7, 11) is 0. The molecule has 31 heavy (non-hydrogen) atoms. The van der Waals surface area contributed by atoms with Crippen molar-refractivity contribution in [2.24, 2.45) is 0 Å². The second kappa shape index (κ2) is 9.28. The van der Waals surface area contributed by atoms with Gasteiger partial charge in [0.2, 0.25) is 0 Å². The fraction of sp³-hybridized carbons (Fsp3) is 0.480. The summed E-state index contributed by atoms with van der Waals surface area (Å²) in [6, 6.07) is 10.0. The van der Waals surface area contributed by atoms with Gasteiger partial charge in [0, 0.05) is 5.92 Å². The van der Waals surface area contributed by atoms with Gasteiger partial charge in [0.05, 0.1) is 6.61 Å². The van der Waals surface area contributed by atoms with Crippen LogP contribution < -0.4 is 0 Å². The molecule has 1 atom stereocenters. The zero-order valence-corrected chi connectivity index (χ0v) is 19.1. The van der Waals surface area contributed by atoms with E-state index in [0.29, 0.717) is 22.3 Å². The number of rotatable bonds is 6. The third-order valence-corrected chi connectivity index (χ3v) is 5.27. The fourth-order valence-corrected chi connectivity index (χ4v) is 3.62. The van der Waals surface area contributed by atoms with Crippen molar-refractivity contribution in [3.63, 3.8) is 0 Å². The van der Waals surface area contributed by atoms with Crippen molar-refractivity contribution in [2.45, 2.75) is 64.4 Å². The maximum atomic E-state index is 12.5. The van der Waals surface area contributed by atoms with E-state index in [-0.39, 0.29) is 35.5 Å². The summed E-state index contributed by atoms with van der Waals surface area (Å²) < 4.78 is 4.98. The molecule has 0 fully saturated rings. The largest absolute Gasteiger partial charge is 0.508 e. The van der Waals surface area contributed by atoms with E-state index in [2.05, 4.69) is 0 Å². The molecule has 6 nitrogen and oxygen atoms in total. The predicted molar refractivity (Wildman–Crippen MR) is 120 cm³/mol. The van der Waals surface area contributed by atoms with Gasteiger partial charge in [0.1, 0.15) is 18.1 Å². The number of aromatic hydroxyl groups is 2. The second-order valence-electron chi connectivity index (χ2n) is 9.87. The van der Waals surface area contributed by atoms with E-state index < -0.39 is 18.0 Å². The summed E-state index contributed by atoms with van der Waals surface area (Å²) in [5.41, 5.74) is 1.89. The minimum Gasteiger partial charge on any atom is -0.508 e. The Kier molecular flexibility index (Phi) is 7.40. The molecule has 4 N–H and O–H groups in total. The lowest BCUT2D eigenvalue weighted by atomic mass is 9.78. The van der Waals surface area contributed by atoms with Crippen LogP contribution in [0.3, 0.4) is 0 Å². The van der Waals surface area contributed by atoms with Gasteiger partial charge in [-0.2, -0.15) is 0 Å². The normalized spacial score (nSPS) is 13.3. The molecule has 0 saturated heterocycles. The summed E-state index contributed by atoms with van der Waals surface area (Å²) in [4.78, 5) is 12.5. The summed E-state index contributed by atoms with van der Waals surface area (Å²) in [6.07, 6.45) is -1.54. The first-order valence-electron chi connectivity index (χ1n) is 10.4. The fourth-order valence-electron chi connectivity index (χ4n) is 3.62. The van der Waals surface area contributed by atoms with Crippen molar-refractivity contribution < 1.29 is 30.0 Å². The SMILES string of the molecule is CC(C)(C)c1cc(C(c2ccc(O)c(C(C)(C)C)c2)C(O)C(=O)OCCO)ccc1O. The van der Waals surface area contributed by atoms with Crippen molar-refractivity contribution in [1.29, 1.82) is 0 Å². The highest BCUT2D eigenvalue weighted by atomic mass is 16.6. The van der Waals surface area contributed by atoms with Crippen molar-refractivity contribution in [3.8, 4) is 11.5 Å². The van der Waals surface area contributed by atoms with Crippen LogP contribution >= 0.6 is 0 Å².